The van der Waals surface area contributed by atoms with Crippen LogP contribution in [0.25, 0.3) is 10.8 Å². The lowest BCUT2D eigenvalue weighted by atomic mass is 10.1. The third kappa shape index (κ3) is 3.23. The number of nitrogens with zero attached hydrogens (tertiary/aromatic N) is 1. The fourth-order valence-electron chi connectivity index (χ4n) is 1.73. The molecular weight excluding hydrogens is 262 g/mol. The van der Waals surface area contributed by atoms with Crippen LogP contribution in [0.5, 0.6) is 0 Å². The number of ether oxygens (including phenoxy) is 1. The summed E-state index contributed by atoms with van der Waals surface area (Å²) < 4.78 is 10.8. The van der Waals surface area contributed by atoms with Crippen molar-refractivity contribution in [2.45, 2.75) is 27.2 Å². The Morgan fingerprint density at radius 2 is 2.32 bits per heavy atom. The van der Waals surface area contributed by atoms with Crippen LogP contribution < -0.4 is 0 Å². The van der Waals surface area contributed by atoms with Crippen LogP contribution in [0.15, 0.2) is 21.9 Å². The molecule has 102 valence electrons. The van der Waals surface area contributed by atoms with Gasteiger partial charge in [0.1, 0.15) is 5.76 Å². The lowest BCUT2D eigenvalue weighted by molar-refractivity contribution is 0.0517. The number of hydrogen-bond donors (Lipinski definition) is 0. The summed E-state index contributed by atoms with van der Waals surface area (Å²) in [5, 5.41) is 1.95. The molecule has 0 aliphatic carbocycles. The Balaban J connectivity index is 2.36. The van der Waals surface area contributed by atoms with Crippen molar-refractivity contribution in [2.75, 3.05) is 6.61 Å². The number of carbonyl (C=O) groups is 1. The molecule has 0 radical (unpaired) electrons. The van der Waals surface area contributed by atoms with Crippen LogP contribution in [0.3, 0.4) is 0 Å². The van der Waals surface area contributed by atoms with E-state index in [1.807, 2.05) is 17.5 Å². The van der Waals surface area contributed by atoms with Crippen LogP contribution in [0, 0.1) is 5.92 Å². The molecule has 0 unspecified atom stereocenters. The first-order valence-corrected chi connectivity index (χ1v) is 7.20. The maximum atomic E-state index is 11.9. The second kappa shape index (κ2) is 6.02. The highest BCUT2D eigenvalue weighted by Gasteiger charge is 2.22. The summed E-state index contributed by atoms with van der Waals surface area (Å²) in [5.41, 5.74) is 0.305. The Labute approximate surface area is 116 Å². The molecule has 0 aromatic carbocycles. The second-order valence-electron chi connectivity index (χ2n) is 4.59. The second-order valence-corrected chi connectivity index (χ2v) is 5.53. The van der Waals surface area contributed by atoms with Gasteiger partial charge in [0, 0.05) is 6.42 Å². The molecule has 2 rings (SSSR count). The van der Waals surface area contributed by atoms with Gasteiger partial charge in [0.25, 0.3) is 0 Å². The molecule has 0 saturated heterocycles. The predicted octanol–water partition coefficient (Wildman–Crippen LogP) is 3.78. The Bertz CT molecular complexity index is 543. The average Bonchev–Trinajstić information content (AvgIpc) is 2.96. The first kappa shape index (κ1) is 13.8. The van der Waals surface area contributed by atoms with E-state index in [0.717, 1.165) is 4.88 Å². The van der Waals surface area contributed by atoms with Gasteiger partial charge in [0.2, 0.25) is 5.89 Å². The lowest BCUT2D eigenvalue weighted by Crippen LogP contribution is -2.09. The van der Waals surface area contributed by atoms with Gasteiger partial charge < -0.3 is 9.15 Å². The zero-order valence-electron chi connectivity index (χ0n) is 11.3. The molecule has 0 N–H and O–H groups in total. The van der Waals surface area contributed by atoms with Gasteiger partial charge in [-0.05, 0) is 24.3 Å². The number of hydrogen-bond acceptors (Lipinski definition) is 5. The molecule has 0 spiro atoms. The molecule has 19 heavy (non-hydrogen) atoms. The maximum Gasteiger partial charge on any atom is 0.360 e. The monoisotopic (exact) mass is 279 g/mol. The summed E-state index contributed by atoms with van der Waals surface area (Å²) in [4.78, 5) is 17.1. The largest absolute Gasteiger partial charge is 0.461 e. The van der Waals surface area contributed by atoms with Crippen LogP contribution in [-0.4, -0.2) is 17.6 Å². The summed E-state index contributed by atoms with van der Waals surface area (Å²) in [5.74, 6) is 1.08. The highest BCUT2D eigenvalue weighted by Crippen LogP contribution is 2.27. The fourth-order valence-corrected chi connectivity index (χ4v) is 2.37. The van der Waals surface area contributed by atoms with Crippen LogP contribution in [-0.2, 0) is 11.2 Å². The molecule has 2 aromatic rings. The van der Waals surface area contributed by atoms with Crippen molar-refractivity contribution in [3.05, 3.63) is 29.0 Å². The molecule has 0 bridgehead atoms. The third-order valence-electron chi connectivity index (χ3n) is 2.49. The molecule has 0 aliphatic rings. The highest BCUT2D eigenvalue weighted by atomic mass is 32.1. The van der Waals surface area contributed by atoms with E-state index in [-0.39, 0.29) is 0 Å². The van der Waals surface area contributed by atoms with Crippen molar-refractivity contribution in [1.29, 1.82) is 0 Å². The molecule has 2 heterocycles. The molecule has 2 aromatic heterocycles. The number of esters is 1. The van der Waals surface area contributed by atoms with Gasteiger partial charge in [-0.1, -0.05) is 19.9 Å². The molecule has 0 saturated carbocycles. The first-order valence-electron chi connectivity index (χ1n) is 6.32. The van der Waals surface area contributed by atoms with Crippen LogP contribution in [0.4, 0.5) is 0 Å². The minimum Gasteiger partial charge on any atom is -0.461 e. The maximum absolute atomic E-state index is 11.9. The molecular formula is C14H17NO3S. The number of oxazole rings is 1. The zero-order chi connectivity index (χ0) is 13.8. The molecule has 0 fully saturated rings. The molecule has 4 nitrogen and oxygen atoms in total. The van der Waals surface area contributed by atoms with E-state index in [9.17, 15) is 4.79 Å². The van der Waals surface area contributed by atoms with E-state index in [0.29, 0.717) is 36.3 Å². The van der Waals surface area contributed by atoms with Crippen molar-refractivity contribution >= 4 is 17.3 Å². The summed E-state index contributed by atoms with van der Waals surface area (Å²) in [7, 11) is 0. The van der Waals surface area contributed by atoms with E-state index in [4.69, 9.17) is 9.15 Å². The number of thiophene rings is 1. The van der Waals surface area contributed by atoms with Gasteiger partial charge in [-0.15, -0.1) is 11.3 Å². The lowest BCUT2D eigenvalue weighted by Gasteiger charge is -2.03. The number of rotatable bonds is 5. The van der Waals surface area contributed by atoms with E-state index < -0.39 is 5.97 Å². The standard InChI is InChI=1S/C14H17NO3S/c1-4-17-14(16)12-10(8-9(2)3)18-13(15-12)11-6-5-7-19-11/h5-7,9H,4,8H2,1-3H3. The van der Waals surface area contributed by atoms with Crippen molar-refractivity contribution in [3.8, 4) is 10.8 Å². The van der Waals surface area contributed by atoms with Crippen LogP contribution in [0.1, 0.15) is 37.0 Å². The Kier molecular flexibility index (Phi) is 4.37. The molecule has 0 amide bonds. The molecule has 0 atom stereocenters. The summed E-state index contributed by atoms with van der Waals surface area (Å²) in [6, 6.07) is 3.85. The molecule has 5 heteroatoms. The topological polar surface area (TPSA) is 52.3 Å². The van der Waals surface area contributed by atoms with Crippen molar-refractivity contribution in [3.63, 3.8) is 0 Å². The van der Waals surface area contributed by atoms with E-state index in [2.05, 4.69) is 18.8 Å². The van der Waals surface area contributed by atoms with Gasteiger partial charge in [-0.25, -0.2) is 9.78 Å². The third-order valence-corrected chi connectivity index (χ3v) is 3.35. The minimum absolute atomic E-state index is 0.305. The summed E-state index contributed by atoms with van der Waals surface area (Å²) in [6.45, 7) is 6.26. The Hall–Kier alpha value is -1.62. The van der Waals surface area contributed by atoms with Crippen molar-refractivity contribution in [2.24, 2.45) is 5.92 Å². The normalized spacial score (nSPS) is 10.9. The van der Waals surface area contributed by atoms with E-state index in [1.165, 1.54) is 11.3 Å². The summed E-state index contributed by atoms with van der Waals surface area (Å²) in [6.07, 6.45) is 0.673. The average molecular weight is 279 g/mol. The van der Waals surface area contributed by atoms with Gasteiger partial charge in [-0.3, -0.25) is 0 Å². The van der Waals surface area contributed by atoms with Crippen molar-refractivity contribution in [1.82, 2.24) is 4.98 Å². The van der Waals surface area contributed by atoms with Crippen molar-refractivity contribution < 1.29 is 13.9 Å². The summed E-state index contributed by atoms with van der Waals surface area (Å²) >= 11 is 1.53. The van der Waals surface area contributed by atoms with Gasteiger partial charge >= 0.3 is 5.97 Å². The Morgan fingerprint density at radius 1 is 1.53 bits per heavy atom. The van der Waals surface area contributed by atoms with E-state index in [1.54, 1.807) is 6.92 Å². The van der Waals surface area contributed by atoms with Gasteiger partial charge in [-0.2, -0.15) is 0 Å². The van der Waals surface area contributed by atoms with Gasteiger partial charge in [0.15, 0.2) is 5.69 Å². The smallest absolute Gasteiger partial charge is 0.360 e. The quantitative estimate of drug-likeness (QED) is 0.782. The fraction of sp³-hybridized carbons (Fsp3) is 0.429. The predicted molar refractivity (Wildman–Crippen MR) is 74.3 cm³/mol. The minimum atomic E-state index is -0.412. The molecule has 0 aliphatic heterocycles. The SMILES string of the molecule is CCOC(=O)c1nc(-c2cccs2)oc1CC(C)C. The van der Waals surface area contributed by atoms with E-state index >= 15 is 0 Å². The van der Waals surface area contributed by atoms with Crippen LogP contribution >= 0.6 is 11.3 Å². The number of carbonyl (C=O) groups excluding carboxylic acids is 1. The zero-order valence-corrected chi connectivity index (χ0v) is 12.1. The Morgan fingerprint density at radius 3 is 2.89 bits per heavy atom. The van der Waals surface area contributed by atoms with Gasteiger partial charge in [0.05, 0.1) is 11.5 Å². The van der Waals surface area contributed by atoms with Crippen LogP contribution in [0.2, 0.25) is 0 Å². The first-order chi connectivity index (χ1) is 9.11. The highest BCUT2D eigenvalue weighted by molar-refractivity contribution is 7.13. The number of aromatic nitrogens is 1.